The third kappa shape index (κ3) is 2.78. The Hall–Kier alpha value is -2.44. The summed E-state index contributed by atoms with van der Waals surface area (Å²) in [6.45, 7) is 1.26. The molecule has 0 bridgehead atoms. The molecule has 0 amide bonds. The van der Waals surface area contributed by atoms with Crippen molar-refractivity contribution < 1.29 is 14.6 Å². The molecule has 0 saturated heterocycles. The fourth-order valence-electron chi connectivity index (χ4n) is 2.25. The van der Waals surface area contributed by atoms with Gasteiger partial charge in [0.25, 0.3) is 0 Å². The number of fused-ring (bicyclic) bond motifs is 1. The molecule has 23 heavy (non-hydrogen) atoms. The maximum atomic E-state index is 14.3. The first kappa shape index (κ1) is 15.5. The van der Waals surface area contributed by atoms with Crippen LogP contribution in [0.25, 0.3) is 10.9 Å². The fraction of sp³-hybridized carbons (Fsp3) is 0.125. The third-order valence-electron chi connectivity index (χ3n) is 3.58. The van der Waals surface area contributed by atoms with Gasteiger partial charge in [-0.15, -0.1) is 0 Å². The number of halogens is 2. The molecule has 0 atom stereocenters. The number of aliphatic hydroxyl groups excluding tert-OH is 1. The highest BCUT2D eigenvalue weighted by Gasteiger charge is 2.13. The van der Waals surface area contributed by atoms with Crippen LogP contribution in [-0.4, -0.2) is 20.2 Å². The Balaban J connectivity index is 2.12. The maximum Gasteiger partial charge on any atom is 0.151 e. The highest BCUT2D eigenvalue weighted by molar-refractivity contribution is 6.31. The summed E-state index contributed by atoms with van der Waals surface area (Å²) in [6.07, 6.45) is 1.31. The van der Waals surface area contributed by atoms with Crippen LogP contribution in [0.4, 0.5) is 15.9 Å². The van der Waals surface area contributed by atoms with Crippen LogP contribution in [0.15, 0.2) is 30.6 Å². The first-order valence-corrected chi connectivity index (χ1v) is 7.18. The molecule has 1 aromatic heterocycles. The molecule has 1 heterocycles. The van der Waals surface area contributed by atoms with E-state index in [-0.39, 0.29) is 18.0 Å². The van der Waals surface area contributed by atoms with Crippen LogP contribution in [0.5, 0.6) is 5.75 Å². The second kappa shape index (κ2) is 5.98. The average Bonchev–Trinajstić information content (AvgIpc) is 2.55. The largest absolute Gasteiger partial charge is 0.508 e. The molecule has 3 aromatic rings. The van der Waals surface area contributed by atoms with Crippen LogP contribution in [0, 0.1) is 12.7 Å². The van der Waals surface area contributed by atoms with Gasteiger partial charge in [-0.25, -0.2) is 14.4 Å². The Morgan fingerprint density at radius 2 is 2.04 bits per heavy atom. The molecule has 2 aromatic carbocycles. The number of hydrogen-bond acceptors (Lipinski definition) is 5. The minimum absolute atomic E-state index is 0.0573. The van der Waals surface area contributed by atoms with Crippen molar-refractivity contribution in [3.63, 3.8) is 0 Å². The molecule has 3 N–H and O–H groups in total. The van der Waals surface area contributed by atoms with Crippen LogP contribution >= 0.6 is 11.6 Å². The van der Waals surface area contributed by atoms with Crippen molar-refractivity contribution in [2.24, 2.45) is 0 Å². The van der Waals surface area contributed by atoms with Crippen LogP contribution in [-0.2, 0) is 6.61 Å². The molecule has 5 nitrogen and oxygen atoms in total. The van der Waals surface area contributed by atoms with E-state index >= 15 is 0 Å². The zero-order chi connectivity index (χ0) is 16.6. The lowest BCUT2D eigenvalue weighted by atomic mass is 10.1. The lowest BCUT2D eigenvalue weighted by Gasteiger charge is -2.12. The van der Waals surface area contributed by atoms with Gasteiger partial charge >= 0.3 is 0 Å². The van der Waals surface area contributed by atoms with E-state index in [1.807, 2.05) is 0 Å². The smallest absolute Gasteiger partial charge is 0.151 e. The van der Waals surface area contributed by atoms with Crippen molar-refractivity contribution >= 4 is 34.0 Å². The molecule has 0 aliphatic carbocycles. The van der Waals surface area contributed by atoms with Crippen molar-refractivity contribution in [1.82, 2.24) is 9.97 Å². The van der Waals surface area contributed by atoms with Gasteiger partial charge in [0, 0.05) is 27.6 Å². The van der Waals surface area contributed by atoms with E-state index in [0.29, 0.717) is 32.9 Å². The van der Waals surface area contributed by atoms with Gasteiger partial charge in [0.15, 0.2) is 5.82 Å². The Labute approximate surface area is 136 Å². The van der Waals surface area contributed by atoms with Crippen LogP contribution < -0.4 is 5.32 Å². The summed E-state index contributed by atoms with van der Waals surface area (Å²) in [7, 11) is 0. The van der Waals surface area contributed by atoms with E-state index in [2.05, 4.69) is 15.3 Å². The SMILES string of the molecule is Cc1c(Cl)ccc(Nc2ncnc3cc(O)c(CO)cc23)c1F. The van der Waals surface area contributed by atoms with Gasteiger partial charge in [-0.05, 0) is 25.1 Å². The fourth-order valence-corrected chi connectivity index (χ4v) is 2.39. The number of aromatic hydroxyl groups is 1. The number of phenols is 1. The van der Waals surface area contributed by atoms with Gasteiger partial charge in [0.2, 0.25) is 0 Å². The minimum Gasteiger partial charge on any atom is -0.508 e. The van der Waals surface area contributed by atoms with E-state index < -0.39 is 5.82 Å². The molecule has 0 unspecified atom stereocenters. The number of aliphatic hydroxyl groups is 1. The summed E-state index contributed by atoms with van der Waals surface area (Å²) >= 11 is 5.89. The highest BCUT2D eigenvalue weighted by Crippen LogP contribution is 2.31. The Bertz CT molecular complexity index is 902. The standard InChI is InChI=1S/C16H13ClFN3O2/c1-8-11(17)2-3-12(15(8)18)21-16-10-4-9(6-22)14(23)5-13(10)19-7-20-16/h2-5,7,22-23H,6H2,1H3,(H,19,20,21). The van der Waals surface area contributed by atoms with Crippen LogP contribution in [0.1, 0.15) is 11.1 Å². The quantitative estimate of drug-likeness (QED) is 0.681. The Kier molecular flexibility index (Phi) is 4.02. The summed E-state index contributed by atoms with van der Waals surface area (Å²) in [5.74, 6) is -0.158. The van der Waals surface area contributed by atoms with E-state index in [9.17, 15) is 14.6 Å². The van der Waals surface area contributed by atoms with Gasteiger partial charge in [0.05, 0.1) is 17.8 Å². The van der Waals surface area contributed by atoms with Crippen molar-refractivity contribution in [3.8, 4) is 5.75 Å². The number of aromatic nitrogens is 2. The summed E-state index contributed by atoms with van der Waals surface area (Å²) < 4.78 is 14.3. The second-order valence-electron chi connectivity index (χ2n) is 5.04. The number of hydrogen-bond donors (Lipinski definition) is 3. The van der Waals surface area contributed by atoms with Crippen molar-refractivity contribution in [2.75, 3.05) is 5.32 Å². The molecule has 0 saturated carbocycles. The molecule has 0 aliphatic heterocycles. The molecule has 0 fully saturated rings. The molecular formula is C16H13ClFN3O2. The molecular weight excluding hydrogens is 321 g/mol. The van der Waals surface area contributed by atoms with E-state index in [1.165, 1.54) is 18.5 Å². The summed E-state index contributed by atoms with van der Waals surface area (Å²) in [5, 5.41) is 22.9. The highest BCUT2D eigenvalue weighted by atomic mass is 35.5. The Morgan fingerprint density at radius 3 is 2.78 bits per heavy atom. The predicted octanol–water partition coefficient (Wildman–Crippen LogP) is 3.67. The Morgan fingerprint density at radius 1 is 1.26 bits per heavy atom. The first-order valence-electron chi connectivity index (χ1n) is 6.80. The number of benzene rings is 2. The lowest BCUT2D eigenvalue weighted by Crippen LogP contribution is -2.00. The van der Waals surface area contributed by atoms with Crippen molar-refractivity contribution in [1.29, 1.82) is 0 Å². The zero-order valence-corrected chi connectivity index (χ0v) is 12.9. The van der Waals surface area contributed by atoms with Gasteiger partial charge in [0.1, 0.15) is 17.9 Å². The monoisotopic (exact) mass is 333 g/mol. The van der Waals surface area contributed by atoms with E-state index in [1.54, 1.807) is 19.1 Å². The third-order valence-corrected chi connectivity index (χ3v) is 3.99. The number of anilines is 2. The maximum absolute atomic E-state index is 14.3. The normalized spacial score (nSPS) is 11.0. The summed E-state index contributed by atoms with van der Waals surface area (Å²) in [4.78, 5) is 8.18. The van der Waals surface area contributed by atoms with Crippen molar-refractivity contribution in [3.05, 3.63) is 52.6 Å². The van der Waals surface area contributed by atoms with Gasteiger partial charge in [-0.1, -0.05) is 11.6 Å². The first-order chi connectivity index (χ1) is 11.0. The molecule has 7 heteroatoms. The van der Waals surface area contributed by atoms with Gasteiger partial charge < -0.3 is 15.5 Å². The second-order valence-corrected chi connectivity index (χ2v) is 5.44. The average molecular weight is 334 g/mol. The molecule has 0 radical (unpaired) electrons. The van der Waals surface area contributed by atoms with Crippen molar-refractivity contribution in [2.45, 2.75) is 13.5 Å². The zero-order valence-electron chi connectivity index (χ0n) is 12.1. The van der Waals surface area contributed by atoms with Crippen LogP contribution in [0.2, 0.25) is 5.02 Å². The predicted molar refractivity (Wildman–Crippen MR) is 86.6 cm³/mol. The van der Waals surface area contributed by atoms with E-state index in [0.717, 1.165) is 0 Å². The molecule has 0 aliphatic rings. The molecule has 3 rings (SSSR count). The number of nitrogens with zero attached hydrogens (tertiary/aromatic N) is 2. The lowest BCUT2D eigenvalue weighted by molar-refractivity contribution is 0.276. The molecule has 118 valence electrons. The summed E-state index contributed by atoms with van der Waals surface area (Å²) in [6, 6.07) is 6.10. The van der Waals surface area contributed by atoms with Crippen LogP contribution in [0.3, 0.4) is 0 Å². The topological polar surface area (TPSA) is 78.3 Å². The van der Waals surface area contributed by atoms with Gasteiger partial charge in [-0.2, -0.15) is 0 Å². The van der Waals surface area contributed by atoms with Gasteiger partial charge in [-0.3, -0.25) is 0 Å². The number of nitrogens with one attached hydrogen (secondary N) is 1. The minimum atomic E-state index is -0.467. The summed E-state index contributed by atoms with van der Waals surface area (Å²) in [5.41, 5.74) is 1.38. The molecule has 0 spiro atoms. The number of rotatable bonds is 3. The van der Waals surface area contributed by atoms with E-state index in [4.69, 9.17) is 11.6 Å².